The highest BCUT2D eigenvalue weighted by Crippen LogP contribution is 2.27. The third-order valence-electron chi connectivity index (χ3n) is 4.01. The summed E-state index contributed by atoms with van der Waals surface area (Å²) >= 11 is 0. The summed E-state index contributed by atoms with van der Waals surface area (Å²) in [5.74, 6) is 0.893. The first kappa shape index (κ1) is 12.4. The van der Waals surface area contributed by atoms with Crippen LogP contribution < -0.4 is 10.6 Å². The van der Waals surface area contributed by atoms with Crippen molar-refractivity contribution in [2.24, 2.45) is 12.5 Å². The summed E-state index contributed by atoms with van der Waals surface area (Å²) in [7, 11) is 2.01. The molecule has 0 saturated carbocycles. The molecule has 3 heterocycles. The maximum atomic E-state index is 4.43. The minimum atomic E-state index is 0.302. The molecule has 5 nitrogen and oxygen atoms in total. The van der Waals surface area contributed by atoms with Crippen LogP contribution in [0.25, 0.3) is 11.0 Å². The fourth-order valence-electron chi connectivity index (χ4n) is 2.76. The van der Waals surface area contributed by atoms with E-state index < -0.39 is 0 Å². The van der Waals surface area contributed by atoms with Gasteiger partial charge in [-0.15, -0.1) is 0 Å². The summed E-state index contributed by atoms with van der Waals surface area (Å²) < 4.78 is 2.02. The summed E-state index contributed by atoms with van der Waals surface area (Å²) in [4.78, 5) is 8.86. The summed E-state index contributed by atoms with van der Waals surface area (Å²) in [6.07, 6.45) is 6.18. The first-order valence-corrected chi connectivity index (χ1v) is 6.89. The Hall–Kier alpha value is -1.62. The molecule has 5 heteroatoms. The average Bonchev–Trinajstić information content (AvgIpc) is 2.80. The number of hydrogen-bond acceptors (Lipinski definition) is 4. The van der Waals surface area contributed by atoms with Gasteiger partial charge in [-0.25, -0.2) is 9.97 Å². The van der Waals surface area contributed by atoms with Gasteiger partial charge in [-0.1, -0.05) is 6.92 Å². The fourth-order valence-corrected chi connectivity index (χ4v) is 2.76. The minimum Gasteiger partial charge on any atom is -0.368 e. The smallest absolute Gasteiger partial charge is 0.154 e. The second kappa shape index (κ2) is 4.81. The van der Waals surface area contributed by atoms with E-state index in [9.17, 15) is 0 Å². The standard InChI is InChI=1S/C14H21N5/c1-14(5-3-6-15-8-14)9-17-13-12-11(4-7-16-13)19(2)10-18-12/h4,7,10,15H,3,5-6,8-9H2,1-2H3,(H,16,17). The van der Waals surface area contributed by atoms with Crippen molar-refractivity contribution in [3.05, 3.63) is 18.6 Å². The molecule has 3 rings (SSSR count). The fraction of sp³-hybridized carbons (Fsp3) is 0.571. The Labute approximate surface area is 113 Å². The van der Waals surface area contributed by atoms with E-state index in [1.165, 1.54) is 12.8 Å². The van der Waals surface area contributed by atoms with Crippen molar-refractivity contribution < 1.29 is 0 Å². The summed E-state index contributed by atoms with van der Waals surface area (Å²) in [6, 6.07) is 2.00. The number of nitrogens with zero attached hydrogens (tertiary/aromatic N) is 3. The largest absolute Gasteiger partial charge is 0.368 e. The van der Waals surface area contributed by atoms with Gasteiger partial charge in [0.2, 0.25) is 0 Å². The number of anilines is 1. The monoisotopic (exact) mass is 259 g/mol. The van der Waals surface area contributed by atoms with Crippen molar-refractivity contribution >= 4 is 16.9 Å². The molecule has 0 aliphatic carbocycles. The van der Waals surface area contributed by atoms with Crippen LogP contribution in [0.15, 0.2) is 18.6 Å². The molecule has 1 aliphatic rings. The molecule has 0 aromatic carbocycles. The van der Waals surface area contributed by atoms with E-state index in [-0.39, 0.29) is 0 Å². The van der Waals surface area contributed by atoms with Gasteiger partial charge in [-0.2, -0.15) is 0 Å². The molecular weight excluding hydrogens is 238 g/mol. The van der Waals surface area contributed by atoms with Gasteiger partial charge in [-0.3, -0.25) is 0 Å². The first-order chi connectivity index (χ1) is 9.18. The number of fused-ring (bicyclic) bond motifs is 1. The molecule has 1 fully saturated rings. The quantitative estimate of drug-likeness (QED) is 0.882. The summed E-state index contributed by atoms with van der Waals surface area (Å²) in [6.45, 7) is 5.47. The zero-order chi connectivity index (χ0) is 13.3. The van der Waals surface area contributed by atoms with Crippen LogP contribution in [0.1, 0.15) is 19.8 Å². The number of rotatable bonds is 3. The summed E-state index contributed by atoms with van der Waals surface area (Å²) in [5, 5.41) is 6.96. The molecule has 0 spiro atoms. The van der Waals surface area contributed by atoms with Gasteiger partial charge in [0, 0.05) is 26.3 Å². The molecule has 0 radical (unpaired) electrons. The van der Waals surface area contributed by atoms with Crippen LogP contribution in [0.4, 0.5) is 5.82 Å². The highest BCUT2D eigenvalue weighted by atomic mass is 15.1. The molecular formula is C14H21N5. The van der Waals surface area contributed by atoms with E-state index in [4.69, 9.17) is 0 Å². The lowest BCUT2D eigenvalue weighted by molar-refractivity contribution is 0.253. The number of hydrogen-bond donors (Lipinski definition) is 2. The van der Waals surface area contributed by atoms with Gasteiger partial charge < -0.3 is 15.2 Å². The van der Waals surface area contributed by atoms with Crippen LogP contribution in [0, 0.1) is 5.41 Å². The third-order valence-corrected chi connectivity index (χ3v) is 4.01. The van der Waals surface area contributed by atoms with Gasteiger partial charge in [-0.05, 0) is 30.9 Å². The molecule has 1 aliphatic heterocycles. The Morgan fingerprint density at radius 1 is 1.47 bits per heavy atom. The molecule has 0 amide bonds. The average molecular weight is 259 g/mol. The Bertz CT molecular complexity index is 568. The predicted octanol–water partition coefficient (Wildman–Crippen LogP) is 1.77. The lowest BCUT2D eigenvalue weighted by Crippen LogP contribution is -2.42. The van der Waals surface area contributed by atoms with Gasteiger partial charge in [0.05, 0.1) is 11.8 Å². The second-order valence-corrected chi connectivity index (χ2v) is 5.83. The molecule has 102 valence electrons. The molecule has 2 aromatic heterocycles. The van der Waals surface area contributed by atoms with Gasteiger partial charge in [0.15, 0.2) is 5.82 Å². The zero-order valence-corrected chi connectivity index (χ0v) is 11.6. The zero-order valence-electron chi connectivity index (χ0n) is 11.6. The van der Waals surface area contributed by atoms with Crippen molar-refractivity contribution in [2.75, 3.05) is 25.0 Å². The first-order valence-electron chi connectivity index (χ1n) is 6.89. The number of piperidine rings is 1. The van der Waals surface area contributed by atoms with Gasteiger partial charge >= 0.3 is 0 Å². The van der Waals surface area contributed by atoms with E-state index >= 15 is 0 Å². The van der Waals surface area contributed by atoms with Gasteiger partial charge in [0.1, 0.15) is 5.52 Å². The van der Waals surface area contributed by atoms with E-state index in [2.05, 4.69) is 27.5 Å². The second-order valence-electron chi connectivity index (χ2n) is 5.83. The van der Waals surface area contributed by atoms with Crippen LogP contribution in [-0.4, -0.2) is 34.2 Å². The van der Waals surface area contributed by atoms with Crippen LogP contribution in [0.5, 0.6) is 0 Å². The number of imidazole rings is 1. The molecule has 1 saturated heterocycles. The Kier molecular flexibility index (Phi) is 3.14. The van der Waals surface area contributed by atoms with E-state index in [0.29, 0.717) is 5.41 Å². The van der Waals surface area contributed by atoms with Crippen LogP contribution in [-0.2, 0) is 7.05 Å². The third kappa shape index (κ3) is 2.42. The number of aryl methyl sites for hydroxylation is 1. The van der Waals surface area contributed by atoms with Crippen molar-refractivity contribution in [1.82, 2.24) is 19.9 Å². The van der Waals surface area contributed by atoms with E-state index in [1.54, 1.807) is 0 Å². The van der Waals surface area contributed by atoms with E-state index in [1.807, 2.05) is 30.2 Å². The van der Waals surface area contributed by atoms with Crippen molar-refractivity contribution in [3.63, 3.8) is 0 Å². The van der Waals surface area contributed by atoms with Crippen molar-refractivity contribution in [3.8, 4) is 0 Å². The SMILES string of the molecule is Cn1cnc2c(NCC3(C)CCCNC3)nccc21. The lowest BCUT2D eigenvalue weighted by atomic mass is 9.83. The highest BCUT2D eigenvalue weighted by Gasteiger charge is 2.26. The predicted molar refractivity (Wildman–Crippen MR) is 77.2 cm³/mol. The maximum Gasteiger partial charge on any atom is 0.154 e. The number of aromatic nitrogens is 3. The lowest BCUT2D eigenvalue weighted by Gasteiger charge is -2.34. The normalized spacial score (nSPS) is 23.7. The van der Waals surface area contributed by atoms with Crippen LogP contribution in [0.2, 0.25) is 0 Å². The molecule has 2 aromatic rings. The van der Waals surface area contributed by atoms with E-state index in [0.717, 1.165) is 36.5 Å². The van der Waals surface area contributed by atoms with Crippen LogP contribution >= 0.6 is 0 Å². The minimum absolute atomic E-state index is 0.302. The Morgan fingerprint density at radius 2 is 2.37 bits per heavy atom. The highest BCUT2D eigenvalue weighted by molar-refractivity contribution is 5.85. The molecule has 19 heavy (non-hydrogen) atoms. The topological polar surface area (TPSA) is 54.8 Å². The summed E-state index contributed by atoms with van der Waals surface area (Å²) in [5.41, 5.74) is 2.37. The Balaban J connectivity index is 1.78. The Morgan fingerprint density at radius 3 is 3.16 bits per heavy atom. The molecule has 2 N–H and O–H groups in total. The van der Waals surface area contributed by atoms with Gasteiger partial charge in [0.25, 0.3) is 0 Å². The number of pyridine rings is 1. The number of nitrogens with one attached hydrogen (secondary N) is 2. The molecule has 1 atom stereocenters. The maximum absolute atomic E-state index is 4.43. The molecule has 0 bridgehead atoms. The molecule has 1 unspecified atom stereocenters. The van der Waals surface area contributed by atoms with Crippen molar-refractivity contribution in [2.45, 2.75) is 19.8 Å². The van der Waals surface area contributed by atoms with Crippen LogP contribution in [0.3, 0.4) is 0 Å². The van der Waals surface area contributed by atoms with Crippen molar-refractivity contribution in [1.29, 1.82) is 0 Å².